The standard InChI is InChI=1S/C17H21N3O2/c1-3-22-14-6-4-5-13(9-14)10-20-8-7-15-16(11-20)18-12(2)19-17(15)21/h4-6,9H,3,7-8,10-11H2,1-2H3,(H,18,19,21). The number of fused-ring (bicyclic) bond motifs is 1. The van der Waals surface area contributed by atoms with Gasteiger partial charge in [-0.25, -0.2) is 4.98 Å². The van der Waals surface area contributed by atoms with Crippen LogP contribution in [0.25, 0.3) is 0 Å². The molecule has 0 spiro atoms. The van der Waals surface area contributed by atoms with Crippen molar-refractivity contribution in [1.82, 2.24) is 14.9 Å². The molecule has 2 aromatic rings. The van der Waals surface area contributed by atoms with Crippen LogP contribution in [-0.4, -0.2) is 28.0 Å². The molecule has 3 rings (SSSR count). The topological polar surface area (TPSA) is 58.2 Å². The largest absolute Gasteiger partial charge is 0.494 e. The smallest absolute Gasteiger partial charge is 0.254 e. The van der Waals surface area contributed by atoms with Gasteiger partial charge in [0.05, 0.1) is 12.3 Å². The monoisotopic (exact) mass is 299 g/mol. The average Bonchev–Trinajstić information content (AvgIpc) is 2.47. The van der Waals surface area contributed by atoms with Crippen LogP contribution < -0.4 is 10.3 Å². The fourth-order valence-corrected chi connectivity index (χ4v) is 2.91. The molecular weight excluding hydrogens is 278 g/mol. The Morgan fingerprint density at radius 3 is 3.09 bits per heavy atom. The summed E-state index contributed by atoms with van der Waals surface area (Å²) in [7, 11) is 0. The van der Waals surface area contributed by atoms with Crippen LogP contribution in [0.1, 0.15) is 29.6 Å². The lowest BCUT2D eigenvalue weighted by Gasteiger charge is -2.27. The number of nitrogens with zero attached hydrogens (tertiary/aromatic N) is 2. The molecular formula is C17H21N3O2. The first kappa shape index (κ1) is 14.8. The third-order valence-corrected chi connectivity index (χ3v) is 3.89. The molecule has 0 atom stereocenters. The van der Waals surface area contributed by atoms with E-state index in [1.54, 1.807) is 0 Å². The van der Waals surface area contributed by atoms with E-state index in [9.17, 15) is 4.79 Å². The second-order valence-electron chi connectivity index (χ2n) is 5.62. The maximum Gasteiger partial charge on any atom is 0.254 e. The summed E-state index contributed by atoms with van der Waals surface area (Å²) in [5.41, 5.74) is 2.98. The number of ether oxygens (including phenoxy) is 1. The number of hydrogen-bond acceptors (Lipinski definition) is 4. The van der Waals surface area contributed by atoms with E-state index in [2.05, 4.69) is 27.0 Å². The average molecular weight is 299 g/mol. The van der Waals surface area contributed by atoms with Gasteiger partial charge >= 0.3 is 0 Å². The Hall–Kier alpha value is -2.14. The van der Waals surface area contributed by atoms with Gasteiger partial charge in [-0.15, -0.1) is 0 Å². The summed E-state index contributed by atoms with van der Waals surface area (Å²) in [6.45, 7) is 6.92. The maximum atomic E-state index is 11.9. The molecule has 0 bridgehead atoms. The predicted octanol–water partition coefficient (Wildman–Crippen LogP) is 2.04. The van der Waals surface area contributed by atoms with Crippen LogP contribution in [0.2, 0.25) is 0 Å². The molecule has 0 unspecified atom stereocenters. The van der Waals surface area contributed by atoms with Crippen molar-refractivity contribution in [1.29, 1.82) is 0 Å². The normalized spacial score (nSPS) is 14.6. The molecule has 0 saturated heterocycles. The number of H-pyrrole nitrogens is 1. The SMILES string of the molecule is CCOc1cccc(CN2CCc3c(nc(C)[nH]c3=O)C2)c1. The van der Waals surface area contributed by atoms with Crippen LogP contribution in [0.5, 0.6) is 5.75 Å². The number of benzene rings is 1. The molecule has 1 aromatic heterocycles. The van der Waals surface area contributed by atoms with Gasteiger partial charge in [0, 0.05) is 25.2 Å². The van der Waals surface area contributed by atoms with Gasteiger partial charge in [0.2, 0.25) is 0 Å². The van der Waals surface area contributed by atoms with Gasteiger partial charge in [0.25, 0.3) is 5.56 Å². The molecule has 1 aliphatic rings. The predicted molar refractivity (Wildman–Crippen MR) is 85.0 cm³/mol. The van der Waals surface area contributed by atoms with Gasteiger partial charge in [-0.05, 0) is 38.0 Å². The zero-order valence-corrected chi connectivity index (χ0v) is 13.1. The summed E-state index contributed by atoms with van der Waals surface area (Å²) in [6, 6.07) is 8.18. The molecule has 1 aliphatic heterocycles. The minimum Gasteiger partial charge on any atom is -0.494 e. The highest BCUT2D eigenvalue weighted by Gasteiger charge is 2.20. The van der Waals surface area contributed by atoms with Crippen molar-refractivity contribution in [3.05, 3.63) is 57.3 Å². The van der Waals surface area contributed by atoms with Crippen molar-refractivity contribution in [2.75, 3.05) is 13.2 Å². The summed E-state index contributed by atoms with van der Waals surface area (Å²) in [5, 5.41) is 0. The molecule has 5 heteroatoms. The van der Waals surface area contributed by atoms with Gasteiger partial charge < -0.3 is 9.72 Å². The lowest BCUT2D eigenvalue weighted by atomic mass is 10.1. The zero-order chi connectivity index (χ0) is 15.5. The van der Waals surface area contributed by atoms with Crippen molar-refractivity contribution in [3.63, 3.8) is 0 Å². The number of nitrogens with one attached hydrogen (secondary N) is 1. The van der Waals surface area contributed by atoms with Crippen molar-refractivity contribution in [2.24, 2.45) is 0 Å². The molecule has 0 aliphatic carbocycles. The van der Waals surface area contributed by atoms with Crippen molar-refractivity contribution in [3.8, 4) is 5.75 Å². The third-order valence-electron chi connectivity index (χ3n) is 3.89. The van der Waals surface area contributed by atoms with Gasteiger partial charge in [0.1, 0.15) is 11.6 Å². The molecule has 0 saturated carbocycles. The van der Waals surface area contributed by atoms with E-state index in [0.717, 1.165) is 43.1 Å². The fourth-order valence-electron chi connectivity index (χ4n) is 2.91. The summed E-state index contributed by atoms with van der Waals surface area (Å²) < 4.78 is 5.55. The van der Waals surface area contributed by atoms with Crippen molar-refractivity contribution >= 4 is 0 Å². The first-order valence-corrected chi connectivity index (χ1v) is 7.68. The van der Waals surface area contributed by atoms with Crippen LogP contribution in [0.15, 0.2) is 29.1 Å². The summed E-state index contributed by atoms with van der Waals surface area (Å²) in [5.74, 6) is 1.59. The van der Waals surface area contributed by atoms with Gasteiger partial charge in [0.15, 0.2) is 0 Å². The second-order valence-corrected chi connectivity index (χ2v) is 5.62. The minimum absolute atomic E-state index is 0.0143. The van der Waals surface area contributed by atoms with Crippen LogP contribution >= 0.6 is 0 Å². The summed E-state index contributed by atoms with van der Waals surface area (Å²) in [4.78, 5) is 21.5. The van der Waals surface area contributed by atoms with Crippen LogP contribution in [-0.2, 0) is 19.5 Å². The Labute approximate surface area is 130 Å². The highest BCUT2D eigenvalue weighted by Crippen LogP contribution is 2.19. The summed E-state index contributed by atoms with van der Waals surface area (Å²) in [6.07, 6.45) is 0.753. The van der Waals surface area contributed by atoms with E-state index >= 15 is 0 Å². The van der Waals surface area contributed by atoms with E-state index < -0.39 is 0 Å². The Bertz CT molecular complexity index is 724. The summed E-state index contributed by atoms with van der Waals surface area (Å²) >= 11 is 0. The molecule has 0 fully saturated rings. The van der Waals surface area contributed by atoms with Gasteiger partial charge in [-0.3, -0.25) is 9.69 Å². The Balaban J connectivity index is 1.75. The Morgan fingerprint density at radius 1 is 1.41 bits per heavy atom. The lowest BCUT2D eigenvalue weighted by molar-refractivity contribution is 0.239. The van der Waals surface area contributed by atoms with Crippen LogP contribution in [0.3, 0.4) is 0 Å². The first-order valence-electron chi connectivity index (χ1n) is 7.68. The van der Waals surface area contributed by atoms with Crippen molar-refractivity contribution < 1.29 is 4.74 Å². The highest BCUT2D eigenvalue weighted by molar-refractivity contribution is 5.29. The molecule has 0 radical (unpaired) electrons. The number of hydrogen-bond donors (Lipinski definition) is 1. The fraction of sp³-hybridized carbons (Fsp3) is 0.412. The van der Waals surface area contributed by atoms with Crippen molar-refractivity contribution in [2.45, 2.75) is 33.4 Å². The van der Waals surface area contributed by atoms with Crippen LogP contribution in [0.4, 0.5) is 0 Å². The number of rotatable bonds is 4. The Kier molecular flexibility index (Phi) is 4.24. The van der Waals surface area contributed by atoms with E-state index in [4.69, 9.17) is 4.74 Å². The molecule has 2 heterocycles. The quantitative estimate of drug-likeness (QED) is 0.938. The molecule has 1 aromatic carbocycles. The highest BCUT2D eigenvalue weighted by atomic mass is 16.5. The molecule has 116 valence electrons. The van der Waals surface area contributed by atoms with Crippen LogP contribution in [0, 0.1) is 6.92 Å². The minimum atomic E-state index is 0.0143. The molecule has 5 nitrogen and oxygen atoms in total. The third kappa shape index (κ3) is 3.20. The van der Waals surface area contributed by atoms with Gasteiger partial charge in [-0.1, -0.05) is 12.1 Å². The van der Waals surface area contributed by atoms with E-state index in [1.807, 2.05) is 26.0 Å². The Morgan fingerprint density at radius 2 is 2.27 bits per heavy atom. The molecule has 1 N–H and O–H groups in total. The van der Waals surface area contributed by atoms with E-state index in [1.165, 1.54) is 5.56 Å². The molecule has 22 heavy (non-hydrogen) atoms. The molecule has 0 amide bonds. The number of aromatic nitrogens is 2. The second kappa shape index (κ2) is 6.32. The van der Waals surface area contributed by atoms with Gasteiger partial charge in [-0.2, -0.15) is 0 Å². The number of aryl methyl sites for hydroxylation is 1. The van der Waals surface area contributed by atoms with E-state index in [-0.39, 0.29) is 5.56 Å². The first-order chi connectivity index (χ1) is 10.7. The maximum absolute atomic E-state index is 11.9. The lowest BCUT2D eigenvalue weighted by Crippen LogP contribution is -2.35. The zero-order valence-electron chi connectivity index (χ0n) is 13.1. The number of aromatic amines is 1. The van der Waals surface area contributed by atoms with E-state index in [0.29, 0.717) is 12.4 Å².